The second-order valence-electron chi connectivity index (χ2n) is 8.13. The average Bonchev–Trinajstić information content (AvgIpc) is 3.01. The lowest BCUT2D eigenvalue weighted by Crippen LogP contribution is -2.26. The molecule has 4 aromatic carbocycles. The van der Waals surface area contributed by atoms with Crippen LogP contribution in [-0.2, 0) is 6.54 Å². The maximum absolute atomic E-state index is 13.7. The van der Waals surface area contributed by atoms with Crippen molar-refractivity contribution < 1.29 is 9.59 Å². The first-order valence-electron chi connectivity index (χ1n) is 10.9. The van der Waals surface area contributed by atoms with E-state index in [1.807, 2.05) is 55.5 Å². The van der Waals surface area contributed by atoms with E-state index in [1.165, 1.54) is 0 Å². The van der Waals surface area contributed by atoms with E-state index in [0.717, 1.165) is 28.2 Å². The molecule has 0 radical (unpaired) electrons. The third-order valence-electron chi connectivity index (χ3n) is 5.87. The molecule has 1 heterocycles. The van der Waals surface area contributed by atoms with Gasteiger partial charge in [0.1, 0.15) is 0 Å². The summed E-state index contributed by atoms with van der Waals surface area (Å²) < 4.78 is 0. The number of nitrogens with one attached hydrogen (secondary N) is 2. The SMILES string of the molecule is Cc1cc(Cl)ccc1C(=O)Nc1ccc(C(=O)N2c3ccccc3CNc3ccccc32)cc1. The summed E-state index contributed by atoms with van der Waals surface area (Å²) in [7, 11) is 0. The van der Waals surface area contributed by atoms with E-state index in [0.29, 0.717) is 28.4 Å². The minimum absolute atomic E-state index is 0.143. The molecular weight excluding hydrogens is 446 g/mol. The highest BCUT2D eigenvalue weighted by Crippen LogP contribution is 2.38. The van der Waals surface area contributed by atoms with Gasteiger partial charge in [0.2, 0.25) is 0 Å². The van der Waals surface area contributed by atoms with Gasteiger partial charge < -0.3 is 10.6 Å². The number of para-hydroxylation sites is 3. The predicted molar refractivity (Wildman–Crippen MR) is 137 cm³/mol. The number of carbonyl (C=O) groups excluding carboxylic acids is 2. The first-order chi connectivity index (χ1) is 16.5. The van der Waals surface area contributed by atoms with E-state index in [4.69, 9.17) is 11.6 Å². The van der Waals surface area contributed by atoms with Crippen molar-refractivity contribution in [2.75, 3.05) is 15.5 Å². The number of rotatable bonds is 3. The summed E-state index contributed by atoms with van der Waals surface area (Å²) in [6.07, 6.45) is 0. The van der Waals surface area contributed by atoms with Crippen molar-refractivity contribution in [2.24, 2.45) is 0 Å². The van der Waals surface area contributed by atoms with Crippen LogP contribution in [0.5, 0.6) is 0 Å². The highest BCUT2D eigenvalue weighted by atomic mass is 35.5. The van der Waals surface area contributed by atoms with Crippen LogP contribution in [0.2, 0.25) is 5.02 Å². The Hall–Kier alpha value is -4.09. The largest absolute Gasteiger partial charge is 0.379 e. The topological polar surface area (TPSA) is 61.4 Å². The molecule has 2 amide bonds. The smallest absolute Gasteiger partial charge is 0.262 e. The van der Waals surface area contributed by atoms with E-state index >= 15 is 0 Å². The summed E-state index contributed by atoms with van der Waals surface area (Å²) in [6.45, 7) is 2.47. The van der Waals surface area contributed by atoms with Crippen LogP contribution in [0.25, 0.3) is 0 Å². The van der Waals surface area contributed by atoms with E-state index in [-0.39, 0.29) is 11.8 Å². The van der Waals surface area contributed by atoms with Crippen LogP contribution in [0.1, 0.15) is 31.8 Å². The molecule has 0 bridgehead atoms. The minimum atomic E-state index is -0.227. The number of hydrogen-bond donors (Lipinski definition) is 2. The van der Waals surface area contributed by atoms with Crippen LogP contribution in [-0.4, -0.2) is 11.8 Å². The summed E-state index contributed by atoms with van der Waals surface area (Å²) in [6, 6.07) is 27.8. The van der Waals surface area contributed by atoms with E-state index in [9.17, 15) is 9.59 Å². The monoisotopic (exact) mass is 467 g/mol. The quantitative estimate of drug-likeness (QED) is 0.348. The number of nitrogens with zero attached hydrogens (tertiary/aromatic N) is 1. The number of hydrogen-bond acceptors (Lipinski definition) is 3. The normalized spacial score (nSPS) is 12.1. The van der Waals surface area contributed by atoms with Crippen LogP contribution in [0, 0.1) is 6.92 Å². The van der Waals surface area contributed by atoms with E-state index in [2.05, 4.69) is 10.6 Å². The summed E-state index contributed by atoms with van der Waals surface area (Å²) in [5.74, 6) is -0.371. The molecule has 5 nitrogen and oxygen atoms in total. The van der Waals surface area contributed by atoms with Gasteiger partial charge in [-0.25, -0.2) is 0 Å². The highest BCUT2D eigenvalue weighted by molar-refractivity contribution is 6.30. The summed E-state index contributed by atoms with van der Waals surface area (Å²) in [5.41, 5.74) is 6.05. The number of anilines is 4. The molecule has 0 saturated heterocycles. The van der Waals surface area contributed by atoms with Crippen LogP contribution in [0.4, 0.5) is 22.7 Å². The van der Waals surface area contributed by atoms with Gasteiger partial charge in [0.25, 0.3) is 11.8 Å². The molecule has 168 valence electrons. The molecule has 5 rings (SSSR count). The molecule has 0 fully saturated rings. The molecule has 0 spiro atoms. The van der Waals surface area contributed by atoms with E-state index < -0.39 is 0 Å². The van der Waals surface area contributed by atoms with Gasteiger partial charge in [0.05, 0.1) is 17.1 Å². The van der Waals surface area contributed by atoms with Crippen molar-refractivity contribution in [3.8, 4) is 0 Å². The van der Waals surface area contributed by atoms with Crippen molar-refractivity contribution in [3.63, 3.8) is 0 Å². The maximum Gasteiger partial charge on any atom is 0.262 e. The Bertz CT molecular complexity index is 1350. The van der Waals surface area contributed by atoms with Gasteiger partial charge in [0.15, 0.2) is 0 Å². The van der Waals surface area contributed by atoms with Crippen LogP contribution in [0.15, 0.2) is 91.0 Å². The van der Waals surface area contributed by atoms with Gasteiger partial charge in [-0.3, -0.25) is 14.5 Å². The molecule has 0 unspecified atom stereocenters. The fraction of sp³-hybridized carbons (Fsp3) is 0.0714. The number of aryl methyl sites for hydroxylation is 1. The lowest BCUT2D eigenvalue weighted by atomic mass is 10.1. The molecule has 0 saturated carbocycles. The lowest BCUT2D eigenvalue weighted by molar-refractivity contribution is 0.0997. The second-order valence-corrected chi connectivity index (χ2v) is 8.57. The molecule has 1 aliphatic rings. The Kier molecular flexibility index (Phi) is 5.78. The highest BCUT2D eigenvalue weighted by Gasteiger charge is 2.26. The van der Waals surface area contributed by atoms with Crippen LogP contribution in [0.3, 0.4) is 0 Å². The summed E-state index contributed by atoms with van der Waals surface area (Å²) in [4.78, 5) is 28.1. The first kappa shape index (κ1) is 21.7. The zero-order valence-electron chi connectivity index (χ0n) is 18.5. The lowest BCUT2D eigenvalue weighted by Gasteiger charge is -2.24. The van der Waals surface area contributed by atoms with Crippen molar-refractivity contribution >= 4 is 46.2 Å². The number of fused-ring (bicyclic) bond motifs is 2. The van der Waals surface area contributed by atoms with E-state index in [1.54, 1.807) is 47.4 Å². The number of halogens is 1. The zero-order chi connectivity index (χ0) is 23.7. The van der Waals surface area contributed by atoms with Gasteiger partial charge in [-0.2, -0.15) is 0 Å². The van der Waals surface area contributed by atoms with Crippen molar-refractivity contribution in [1.29, 1.82) is 0 Å². The van der Waals surface area contributed by atoms with Gasteiger partial charge >= 0.3 is 0 Å². The Labute approximate surface area is 203 Å². The number of amides is 2. The number of benzene rings is 4. The molecule has 0 atom stereocenters. The standard InChI is InChI=1S/C28H22ClN3O2/c1-18-16-21(29)12-15-23(18)27(33)31-22-13-10-19(11-14-22)28(34)32-25-8-4-2-6-20(25)17-30-24-7-3-5-9-26(24)32/h2-16,30H,17H2,1H3,(H,31,33). The van der Waals surface area contributed by atoms with Crippen LogP contribution < -0.4 is 15.5 Å². The van der Waals surface area contributed by atoms with Gasteiger partial charge in [0, 0.05) is 28.4 Å². The summed E-state index contributed by atoms with van der Waals surface area (Å²) >= 11 is 5.99. The first-order valence-corrected chi connectivity index (χ1v) is 11.3. The van der Waals surface area contributed by atoms with Gasteiger partial charge in [-0.15, -0.1) is 0 Å². The molecule has 34 heavy (non-hydrogen) atoms. The average molecular weight is 468 g/mol. The Balaban J connectivity index is 1.43. The molecule has 0 aromatic heterocycles. The molecule has 2 N–H and O–H groups in total. The van der Waals surface area contributed by atoms with Crippen molar-refractivity contribution in [3.05, 3.63) is 118 Å². The summed E-state index contributed by atoms with van der Waals surface area (Å²) in [5, 5.41) is 6.90. The Morgan fingerprint density at radius 1 is 0.882 bits per heavy atom. The Morgan fingerprint density at radius 2 is 1.59 bits per heavy atom. The maximum atomic E-state index is 13.7. The number of carbonyl (C=O) groups is 2. The third kappa shape index (κ3) is 4.14. The van der Waals surface area contributed by atoms with Gasteiger partial charge in [-0.1, -0.05) is 41.9 Å². The van der Waals surface area contributed by atoms with Gasteiger partial charge in [-0.05, 0) is 78.7 Å². The van der Waals surface area contributed by atoms with Crippen molar-refractivity contribution in [1.82, 2.24) is 0 Å². The molecule has 4 aromatic rings. The third-order valence-corrected chi connectivity index (χ3v) is 6.11. The minimum Gasteiger partial charge on any atom is -0.379 e. The second kappa shape index (κ2) is 9.04. The van der Waals surface area contributed by atoms with Crippen LogP contribution >= 0.6 is 11.6 Å². The molecule has 1 aliphatic heterocycles. The molecular formula is C28H22ClN3O2. The predicted octanol–water partition coefficient (Wildman–Crippen LogP) is 6.80. The fourth-order valence-corrected chi connectivity index (χ4v) is 4.37. The molecule has 6 heteroatoms. The van der Waals surface area contributed by atoms with Crippen molar-refractivity contribution in [2.45, 2.75) is 13.5 Å². The molecule has 0 aliphatic carbocycles. The zero-order valence-corrected chi connectivity index (χ0v) is 19.3. The Morgan fingerprint density at radius 3 is 2.35 bits per heavy atom. The fourth-order valence-electron chi connectivity index (χ4n) is 4.14.